The zero-order valence-corrected chi connectivity index (χ0v) is 13.5. The van der Waals surface area contributed by atoms with Crippen LogP contribution in [0.25, 0.3) is 0 Å². The first kappa shape index (κ1) is 15.3. The molecule has 2 rings (SSSR count). The highest BCUT2D eigenvalue weighted by Crippen LogP contribution is 2.22. The lowest BCUT2D eigenvalue weighted by Gasteiger charge is -2.15. The van der Waals surface area contributed by atoms with Crippen molar-refractivity contribution in [3.8, 4) is 0 Å². The summed E-state index contributed by atoms with van der Waals surface area (Å²) >= 11 is 7.58. The number of halogens is 1. The summed E-state index contributed by atoms with van der Waals surface area (Å²) in [5.41, 5.74) is 1.08. The predicted molar refractivity (Wildman–Crippen MR) is 87.5 cm³/mol. The molecule has 0 aliphatic heterocycles. The molecule has 2 aromatic rings. The standard InChI is InChI=1S/C15H20ClN3S/c1-3-9-17-15-6-4-5-12(18-15)10-19(2)11-13-7-8-14(16)20-13/h4-8H,3,9-11H2,1-2H3,(H,17,18). The third-order valence-electron chi connectivity index (χ3n) is 2.85. The molecule has 0 saturated carbocycles. The Labute approximate surface area is 129 Å². The molecule has 2 aromatic heterocycles. The minimum Gasteiger partial charge on any atom is -0.370 e. The Balaban J connectivity index is 1.91. The molecule has 0 fully saturated rings. The van der Waals surface area contributed by atoms with Crippen LogP contribution in [0, 0.1) is 0 Å². The molecule has 20 heavy (non-hydrogen) atoms. The topological polar surface area (TPSA) is 28.2 Å². The molecule has 108 valence electrons. The number of nitrogens with zero attached hydrogens (tertiary/aromatic N) is 2. The zero-order valence-electron chi connectivity index (χ0n) is 11.9. The van der Waals surface area contributed by atoms with E-state index in [-0.39, 0.29) is 0 Å². The van der Waals surface area contributed by atoms with E-state index in [9.17, 15) is 0 Å². The second-order valence-electron chi connectivity index (χ2n) is 4.82. The van der Waals surface area contributed by atoms with Gasteiger partial charge in [0.2, 0.25) is 0 Å². The van der Waals surface area contributed by atoms with Crippen molar-refractivity contribution < 1.29 is 0 Å². The van der Waals surface area contributed by atoms with E-state index >= 15 is 0 Å². The van der Waals surface area contributed by atoms with E-state index in [1.165, 1.54) is 4.88 Å². The van der Waals surface area contributed by atoms with Crippen LogP contribution in [0.15, 0.2) is 30.3 Å². The number of thiophene rings is 1. The summed E-state index contributed by atoms with van der Waals surface area (Å²) in [7, 11) is 2.10. The number of hydrogen-bond acceptors (Lipinski definition) is 4. The zero-order chi connectivity index (χ0) is 14.4. The minimum atomic E-state index is 0.831. The highest BCUT2D eigenvalue weighted by molar-refractivity contribution is 7.16. The molecule has 1 N–H and O–H groups in total. The average molecular weight is 310 g/mol. The first-order chi connectivity index (χ1) is 9.67. The van der Waals surface area contributed by atoms with Crippen molar-refractivity contribution in [3.63, 3.8) is 0 Å². The van der Waals surface area contributed by atoms with E-state index in [0.29, 0.717) is 0 Å². The van der Waals surface area contributed by atoms with Crippen LogP contribution in [0.4, 0.5) is 5.82 Å². The van der Waals surface area contributed by atoms with Crippen molar-refractivity contribution in [3.05, 3.63) is 45.2 Å². The van der Waals surface area contributed by atoms with Crippen molar-refractivity contribution in [1.29, 1.82) is 0 Å². The predicted octanol–water partition coefficient (Wildman–Crippen LogP) is 4.25. The fourth-order valence-electron chi connectivity index (χ4n) is 1.95. The van der Waals surface area contributed by atoms with Crippen LogP contribution in [0.5, 0.6) is 0 Å². The van der Waals surface area contributed by atoms with E-state index in [1.54, 1.807) is 11.3 Å². The summed E-state index contributed by atoms with van der Waals surface area (Å²) < 4.78 is 0.845. The van der Waals surface area contributed by atoms with Crippen molar-refractivity contribution in [1.82, 2.24) is 9.88 Å². The van der Waals surface area contributed by atoms with Crippen molar-refractivity contribution in [2.24, 2.45) is 0 Å². The normalized spacial score (nSPS) is 11.0. The maximum Gasteiger partial charge on any atom is 0.126 e. The second-order valence-corrected chi connectivity index (χ2v) is 6.62. The largest absolute Gasteiger partial charge is 0.370 e. The molecule has 3 nitrogen and oxygen atoms in total. The van der Waals surface area contributed by atoms with Gasteiger partial charge < -0.3 is 5.32 Å². The fourth-order valence-corrected chi connectivity index (χ4v) is 3.12. The summed E-state index contributed by atoms with van der Waals surface area (Å²) in [6, 6.07) is 10.2. The van der Waals surface area contributed by atoms with Crippen molar-refractivity contribution >= 4 is 28.8 Å². The van der Waals surface area contributed by atoms with E-state index in [0.717, 1.165) is 41.9 Å². The summed E-state index contributed by atoms with van der Waals surface area (Å²) in [5.74, 6) is 0.955. The van der Waals surface area contributed by atoms with Crippen LogP contribution in [-0.4, -0.2) is 23.5 Å². The van der Waals surface area contributed by atoms with E-state index < -0.39 is 0 Å². The van der Waals surface area contributed by atoms with Gasteiger partial charge in [0.05, 0.1) is 10.0 Å². The molecule has 5 heteroatoms. The van der Waals surface area contributed by atoms with Gasteiger partial charge >= 0.3 is 0 Å². The summed E-state index contributed by atoms with van der Waals surface area (Å²) in [4.78, 5) is 8.14. The fraction of sp³-hybridized carbons (Fsp3) is 0.400. The number of hydrogen-bond donors (Lipinski definition) is 1. The van der Waals surface area contributed by atoms with Gasteiger partial charge in [-0.15, -0.1) is 11.3 Å². The van der Waals surface area contributed by atoms with Gasteiger partial charge in [0.25, 0.3) is 0 Å². The lowest BCUT2D eigenvalue weighted by molar-refractivity contribution is 0.318. The number of rotatable bonds is 7. The molecule has 0 saturated heterocycles. The molecule has 0 unspecified atom stereocenters. The maximum absolute atomic E-state index is 5.95. The first-order valence-electron chi connectivity index (χ1n) is 6.80. The Hall–Kier alpha value is -1.10. The lowest BCUT2D eigenvalue weighted by Crippen LogP contribution is -2.17. The SMILES string of the molecule is CCCNc1cccc(CN(C)Cc2ccc(Cl)s2)n1. The van der Waals surface area contributed by atoms with E-state index in [2.05, 4.69) is 47.4 Å². The van der Waals surface area contributed by atoms with Gasteiger partial charge in [-0.1, -0.05) is 24.6 Å². The maximum atomic E-state index is 5.95. The van der Waals surface area contributed by atoms with Crippen LogP contribution in [0.2, 0.25) is 4.34 Å². The Bertz CT molecular complexity index is 541. The molecule has 0 aliphatic rings. The molecule has 0 radical (unpaired) electrons. The quantitative estimate of drug-likeness (QED) is 0.828. The van der Waals surface area contributed by atoms with E-state index in [4.69, 9.17) is 11.6 Å². The molecule has 0 aliphatic carbocycles. The number of nitrogens with one attached hydrogen (secondary N) is 1. The Kier molecular flexibility index (Phi) is 5.83. The Morgan fingerprint density at radius 3 is 2.80 bits per heavy atom. The molecular formula is C15H20ClN3S. The molecule has 0 amide bonds. The second kappa shape index (κ2) is 7.62. The molecule has 0 spiro atoms. The Morgan fingerprint density at radius 2 is 2.10 bits per heavy atom. The van der Waals surface area contributed by atoms with Crippen LogP contribution in [-0.2, 0) is 13.1 Å². The third kappa shape index (κ3) is 4.78. The smallest absolute Gasteiger partial charge is 0.126 e. The summed E-state index contributed by atoms with van der Waals surface area (Å²) in [6.07, 6.45) is 1.10. The van der Waals surface area contributed by atoms with Gasteiger partial charge in [-0.25, -0.2) is 4.98 Å². The molecule has 2 heterocycles. The number of anilines is 1. The molecule has 0 atom stereocenters. The van der Waals surface area contributed by atoms with Crippen LogP contribution >= 0.6 is 22.9 Å². The van der Waals surface area contributed by atoms with E-state index in [1.807, 2.05) is 12.1 Å². The van der Waals surface area contributed by atoms with Gasteiger partial charge in [0.15, 0.2) is 0 Å². The monoisotopic (exact) mass is 309 g/mol. The van der Waals surface area contributed by atoms with Crippen LogP contribution in [0.3, 0.4) is 0 Å². The first-order valence-corrected chi connectivity index (χ1v) is 7.99. The summed E-state index contributed by atoms with van der Waals surface area (Å²) in [6.45, 7) is 4.83. The van der Waals surface area contributed by atoms with Gasteiger partial charge in [-0.2, -0.15) is 0 Å². The van der Waals surface area contributed by atoms with Crippen LogP contribution < -0.4 is 5.32 Å². The van der Waals surface area contributed by atoms with Crippen LogP contribution in [0.1, 0.15) is 23.9 Å². The van der Waals surface area contributed by atoms with Gasteiger partial charge in [-0.3, -0.25) is 4.90 Å². The molecule has 0 bridgehead atoms. The lowest BCUT2D eigenvalue weighted by atomic mass is 10.3. The minimum absolute atomic E-state index is 0.831. The highest BCUT2D eigenvalue weighted by atomic mass is 35.5. The average Bonchev–Trinajstić information content (AvgIpc) is 2.82. The Morgan fingerprint density at radius 1 is 1.25 bits per heavy atom. The van der Waals surface area contributed by atoms with Gasteiger partial charge in [0.1, 0.15) is 5.82 Å². The number of aromatic nitrogens is 1. The third-order valence-corrected chi connectivity index (χ3v) is 4.07. The van der Waals surface area contributed by atoms with Gasteiger partial charge in [0, 0.05) is 24.5 Å². The van der Waals surface area contributed by atoms with Crippen molar-refractivity contribution in [2.45, 2.75) is 26.4 Å². The van der Waals surface area contributed by atoms with Gasteiger partial charge in [-0.05, 0) is 37.7 Å². The number of pyridine rings is 1. The molecule has 0 aromatic carbocycles. The van der Waals surface area contributed by atoms with Crippen molar-refractivity contribution in [2.75, 3.05) is 18.9 Å². The molecular weight excluding hydrogens is 290 g/mol. The summed E-state index contributed by atoms with van der Waals surface area (Å²) in [5, 5.41) is 3.32. The highest BCUT2D eigenvalue weighted by Gasteiger charge is 2.05.